The van der Waals surface area contributed by atoms with Crippen LogP contribution in [-0.2, 0) is 24.1 Å². The fourth-order valence-corrected chi connectivity index (χ4v) is 5.62. The van der Waals surface area contributed by atoms with E-state index in [0.29, 0.717) is 26.2 Å². The molecule has 2 aliphatic rings. The van der Waals surface area contributed by atoms with E-state index in [2.05, 4.69) is 47.9 Å². The predicted molar refractivity (Wildman–Crippen MR) is 133 cm³/mol. The van der Waals surface area contributed by atoms with Crippen LogP contribution in [-0.4, -0.2) is 63.4 Å². The number of methoxy groups -OCH3 is 1. The van der Waals surface area contributed by atoms with Crippen molar-refractivity contribution in [1.29, 1.82) is 0 Å². The molecule has 8 nitrogen and oxygen atoms in total. The number of carbonyl (C=O) groups is 2. The molecule has 3 heterocycles. The van der Waals surface area contributed by atoms with Crippen LogP contribution in [0.5, 0.6) is 0 Å². The van der Waals surface area contributed by atoms with Crippen molar-refractivity contribution in [3.63, 3.8) is 0 Å². The molecule has 1 fully saturated rings. The number of likely N-dealkylation sites (tertiary alicyclic amines) is 1. The van der Waals surface area contributed by atoms with Gasteiger partial charge in [-0.05, 0) is 49.8 Å². The Morgan fingerprint density at radius 1 is 1.09 bits per heavy atom. The molecule has 2 aliphatic heterocycles. The molecule has 0 bridgehead atoms. The van der Waals surface area contributed by atoms with Crippen molar-refractivity contribution < 1.29 is 19.4 Å². The topological polar surface area (TPSA) is 87.9 Å². The van der Waals surface area contributed by atoms with Crippen molar-refractivity contribution in [1.82, 2.24) is 19.4 Å². The maximum Gasteiger partial charge on any atom is 0.409 e. The zero-order chi connectivity index (χ0) is 24.5. The van der Waals surface area contributed by atoms with Gasteiger partial charge in [0.15, 0.2) is 0 Å². The lowest BCUT2D eigenvalue weighted by Gasteiger charge is -2.31. The average Bonchev–Trinajstić information content (AvgIpc) is 3.29. The van der Waals surface area contributed by atoms with Gasteiger partial charge in [0.1, 0.15) is 5.82 Å². The first kappa shape index (κ1) is 23.2. The summed E-state index contributed by atoms with van der Waals surface area (Å²) in [7, 11) is 1.42. The van der Waals surface area contributed by atoms with Crippen LogP contribution < -0.4 is 0 Å². The van der Waals surface area contributed by atoms with E-state index >= 15 is 0 Å². The summed E-state index contributed by atoms with van der Waals surface area (Å²) in [6.07, 6.45) is 1.99. The van der Waals surface area contributed by atoms with Gasteiger partial charge in [0.2, 0.25) is 0 Å². The number of benzene rings is 2. The number of hydrogen-bond acceptors (Lipinski definition) is 4. The normalized spacial score (nSPS) is 17.3. The zero-order valence-corrected chi connectivity index (χ0v) is 20.3. The van der Waals surface area contributed by atoms with Crippen molar-refractivity contribution in [2.75, 3.05) is 26.7 Å². The molecule has 1 saturated heterocycles. The van der Waals surface area contributed by atoms with Crippen LogP contribution in [0.1, 0.15) is 54.2 Å². The first-order chi connectivity index (χ1) is 17.0. The molecule has 0 spiro atoms. The third kappa shape index (κ3) is 4.45. The standard InChI is InChI=1S/C27H32N4O4/c1-18(16-19-6-4-3-5-7-19)31-23-9-8-20-10-15-30(27(34)35-2)17-22(20)24(23)28-25(31)21-11-13-29(14-12-21)26(32)33/h3-9,18,21H,10-17H2,1-2H3,(H,32,33)/t18-/m1/s1. The van der Waals surface area contributed by atoms with Crippen molar-refractivity contribution in [2.24, 2.45) is 0 Å². The Labute approximate surface area is 205 Å². The minimum absolute atomic E-state index is 0.174. The molecule has 0 unspecified atom stereocenters. The number of carbonyl (C=O) groups excluding carboxylic acids is 1. The number of piperidine rings is 1. The van der Waals surface area contributed by atoms with E-state index in [0.717, 1.165) is 48.1 Å². The lowest BCUT2D eigenvalue weighted by molar-refractivity contribution is 0.119. The summed E-state index contributed by atoms with van der Waals surface area (Å²) in [5.41, 5.74) is 5.61. The maximum atomic E-state index is 12.3. The van der Waals surface area contributed by atoms with Crippen LogP contribution in [0.4, 0.5) is 9.59 Å². The third-order valence-corrected chi connectivity index (χ3v) is 7.47. The number of aromatic nitrogens is 2. The Bertz CT molecular complexity index is 1230. The highest BCUT2D eigenvalue weighted by molar-refractivity contribution is 5.82. The molecule has 184 valence electrons. The second kappa shape index (κ2) is 9.60. The van der Waals surface area contributed by atoms with Crippen molar-refractivity contribution >= 4 is 23.2 Å². The Morgan fingerprint density at radius 3 is 2.51 bits per heavy atom. The molecule has 8 heteroatoms. The Morgan fingerprint density at radius 2 is 1.83 bits per heavy atom. The molecule has 2 aromatic carbocycles. The van der Waals surface area contributed by atoms with Gasteiger partial charge in [-0.15, -0.1) is 0 Å². The molecule has 1 atom stereocenters. The fourth-order valence-electron chi connectivity index (χ4n) is 5.62. The number of rotatable bonds is 4. The largest absolute Gasteiger partial charge is 0.465 e. The molecular weight excluding hydrogens is 444 g/mol. The second-order valence-electron chi connectivity index (χ2n) is 9.64. The summed E-state index contributed by atoms with van der Waals surface area (Å²) in [6, 6.07) is 15.0. The van der Waals surface area contributed by atoms with E-state index < -0.39 is 6.09 Å². The molecule has 5 rings (SSSR count). The quantitative estimate of drug-likeness (QED) is 0.583. The van der Waals surface area contributed by atoms with E-state index in [1.807, 2.05) is 6.07 Å². The minimum atomic E-state index is -0.855. The SMILES string of the molecule is COC(=O)N1CCc2ccc3c(nc(C4CCN(C(=O)O)CC4)n3[C@H](C)Cc3ccccc3)c2C1. The van der Waals surface area contributed by atoms with E-state index in [4.69, 9.17) is 9.72 Å². The van der Waals surface area contributed by atoms with Gasteiger partial charge >= 0.3 is 12.2 Å². The number of imidazole rings is 1. The van der Waals surface area contributed by atoms with Crippen LogP contribution in [0.3, 0.4) is 0 Å². The molecule has 1 N–H and O–H groups in total. The van der Waals surface area contributed by atoms with Gasteiger partial charge in [-0.1, -0.05) is 36.4 Å². The molecule has 0 aliphatic carbocycles. The van der Waals surface area contributed by atoms with Gasteiger partial charge in [-0.3, -0.25) is 0 Å². The molecule has 1 aromatic heterocycles. The van der Waals surface area contributed by atoms with Gasteiger partial charge in [0.25, 0.3) is 0 Å². The summed E-state index contributed by atoms with van der Waals surface area (Å²) in [4.78, 5) is 32.2. The van der Waals surface area contributed by atoms with E-state index in [-0.39, 0.29) is 18.1 Å². The predicted octanol–water partition coefficient (Wildman–Crippen LogP) is 4.82. The lowest BCUT2D eigenvalue weighted by atomic mass is 9.95. The van der Waals surface area contributed by atoms with E-state index in [1.54, 1.807) is 4.90 Å². The number of hydrogen-bond donors (Lipinski definition) is 1. The first-order valence-corrected chi connectivity index (χ1v) is 12.3. The van der Waals surface area contributed by atoms with E-state index in [9.17, 15) is 14.7 Å². The Balaban J connectivity index is 1.56. The molecule has 0 saturated carbocycles. The van der Waals surface area contributed by atoms with Crippen LogP contribution in [0.25, 0.3) is 11.0 Å². The van der Waals surface area contributed by atoms with E-state index in [1.165, 1.54) is 23.1 Å². The highest BCUT2D eigenvalue weighted by atomic mass is 16.5. The highest BCUT2D eigenvalue weighted by Crippen LogP contribution is 2.36. The lowest BCUT2D eigenvalue weighted by Crippen LogP contribution is -2.37. The number of fused-ring (bicyclic) bond motifs is 3. The van der Waals surface area contributed by atoms with Gasteiger partial charge in [0.05, 0.1) is 24.7 Å². The number of amides is 2. The average molecular weight is 477 g/mol. The summed E-state index contributed by atoms with van der Waals surface area (Å²) in [5.74, 6) is 1.21. The van der Waals surface area contributed by atoms with Crippen LogP contribution in [0, 0.1) is 0 Å². The molecule has 0 radical (unpaired) electrons. The Kier molecular flexibility index (Phi) is 6.36. The van der Waals surface area contributed by atoms with Crippen LogP contribution in [0.2, 0.25) is 0 Å². The fraction of sp³-hybridized carbons (Fsp3) is 0.444. The monoisotopic (exact) mass is 476 g/mol. The highest BCUT2D eigenvalue weighted by Gasteiger charge is 2.31. The van der Waals surface area contributed by atoms with Gasteiger partial charge < -0.3 is 24.2 Å². The maximum absolute atomic E-state index is 12.3. The van der Waals surface area contributed by atoms with Gasteiger partial charge in [-0.2, -0.15) is 0 Å². The van der Waals surface area contributed by atoms with Crippen molar-refractivity contribution in [3.8, 4) is 0 Å². The number of ether oxygens (including phenoxy) is 1. The second-order valence-corrected chi connectivity index (χ2v) is 9.64. The molecule has 2 amide bonds. The molecule has 3 aromatic rings. The minimum Gasteiger partial charge on any atom is -0.465 e. The molecular formula is C27H32N4O4. The zero-order valence-electron chi connectivity index (χ0n) is 20.3. The number of nitrogens with zero attached hydrogens (tertiary/aromatic N) is 4. The van der Waals surface area contributed by atoms with Gasteiger partial charge in [-0.25, -0.2) is 14.6 Å². The smallest absolute Gasteiger partial charge is 0.409 e. The summed E-state index contributed by atoms with van der Waals surface area (Å²) in [6.45, 7) is 4.39. The Hall–Kier alpha value is -3.55. The summed E-state index contributed by atoms with van der Waals surface area (Å²) in [5, 5.41) is 9.40. The summed E-state index contributed by atoms with van der Waals surface area (Å²) >= 11 is 0. The first-order valence-electron chi connectivity index (χ1n) is 12.3. The number of carboxylic acid groups (broad SMARTS) is 1. The van der Waals surface area contributed by atoms with Crippen molar-refractivity contribution in [3.05, 3.63) is 65.0 Å². The van der Waals surface area contributed by atoms with Crippen LogP contribution >= 0.6 is 0 Å². The summed E-state index contributed by atoms with van der Waals surface area (Å²) < 4.78 is 7.35. The molecule has 35 heavy (non-hydrogen) atoms. The van der Waals surface area contributed by atoms with Crippen LogP contribution in [0.15, 0.2) is 42.5 Å². The van der Waals surface area contributed by atoms with Crippen molar-refractivity contribution in [2.45, 2.75) is 51.1 Å². The van der Waals surface area contributed by atoms with Gasteiger partial charge in [0, 0.05) is 37.2 Å². The third-order valence-electron chi connectivity index (χ3n) is 7.47.